The molecule has 1 saturated carbocycles. The Bertz CT molecular complexity index is 770. The molecule has 0 radical (unpaired) electrons. The SMILES string of the molecule is Cc1cc(C)c(-c2c(O)cc(C3CCCCCC3)oc2=O)c(C)c1. The van der Waals surface area contributed by atoms with Crippen LogP contribution < -0.4 is 5.63 Å². The summed E-state index contributed by atoms with van der Waals surface area (Å²) in [6.07, 6.45) is 6.87. The number of aromatic hydroxyl groups is 1. The van der Waals surface area contributed by atoms with Gasteiger partial charge in [-0.25, -0.2) is 4.79 Å². The second-order valence-electron chi connectivity index (χ2n) is 7.16. The molecule has 0 atom stereocenters. The zero-order valence-electron chi connectivity index (χ0n) is 14.8. The lowest BCUT2D eigenvalue weighted by Gasteiger charge is -2.16. The number of benzene rings is 1. The zero-order chi connectivity index (χ0) is 17.3. The highest BCUT2D eigenvalue weighted by Crippen LogP contribution is 2.37. The molecule has 3 rings (SSSR count). The van der Waals surface area contributed by atoms with Crippen LogP contribution in [0, 0.1) is 20.8 Å². The first-order chi connectivity index (χ1) is 11.5. The van der Waals surface area contributed by atoms with Gasteiger partial charge in [0.05, 0.1) is 0 Å². The Balaban J connectivity index is 2.07. The maximum Gasteiger partial charge on any atom is 0.347 e. The van der Waals surface area contributed by atoms with Gasteiger partial charge in [-0.2, -0.15) is 0 Å². The van der Waals surface area contributed by atoms with Crippen LogP contribution in [0.4, 0.5) is 0 Å². The molecule has 0 spiro atoms. The molecule has 1 aliphatic carbocycles. The van der Waals surface area contributed by atoms with Crippen molar-refractivity contribution in [2.45, 2.75) is 65.2 Å². The van der Waals surface area contributed by atoms with E-state index in [-0.39, 0.29) is 11.7 Å². The molecule has 2 aromatic rings. The normalized spacial score (nSPS) is 16.1. The fourth-order valence-corrected chi connectivity index (χ4v) is 4.07. The fraction of sp³-hybridized carbons (Fsp3) is 0.476. The van der Waals surface area contributed by atoms with E-state index in [2.05, 4.69) is 0 Å². The van der Waals surface area contributed by atoms with Crippen molar-refractivity contribution in [1.82, 2.24) is 0 Å². The average molecular weight is 326 g/mol. The Kier molecular flexibility index (Phi) is 4.79. The van der Waals surface area contributed by atoms with Gasteiger partial charge >= 0.3 is 5.63 Å². The highest BCUT2D eigenvalue weighted by molar-refractivity contribution is 5.75. The number of hydrogen-bond donors (Lipinski definition) is 1. The molecule has 1 aliphatic rings. The van der Waals surface area contributed by atoms with Crippen LogP contribution in [0.3, 0.4) is 0 Å². The average Bonchev–Trinajstić information content (AvgIpc) is 2.78. The minimum atomic E-state index is -0.427. The molecule has 3 nitrogen and oxygen atoms in total. The fourth-order valence-electron chi connectivity index (χ4n) is 4.07. The van der Waals surface area contributed by atoms with Crippen LogP contribution in [0.25, 0.3) is 11.1 Å². The van der Waals surface area contributed by atoms with Crippen molar-refractivity contribution in [2.75, 3.05) is 0 Å². The van der Waals surface area contributed by atoms with E-state index >= 15 is 0 Å². The summed E-state index contributed by atoms with van der Waals surface area (Å²) < 4.78 is 5.66. The van der Waals surface area contributed by atoms with Crippen molar-refractivity contribution >= 4 is 0 Å². The van der Waals surface area contributed by atoms with Crippen LogP contribution in [-0.4, -0.2) is 5.11 Å². The zero-order valence-corrected chi connectivity index (χ0v) is 14.8. The highest BCUT2D eigenvalue weighted by Gasteiger charge is 2.22. The number of hydrogen-bond acceptors (Lipinski definition) is 3. The minimum absolute atomic E-state index is 0.0422. The molecule has 0 amide bonds. The van der Waals surface area contributed by atoms with E-state index in [1.54, 1.807) is 6.07 Å². The molecular weight excluding hydrogens is 300 g/mol. The molecule has 1 aromatic heterocycles. The van der Waals surface area contributed by atoms with E-state index in [1.165, 1.54) is 12.8 Å². The summed E-state index contributed by atoms with van der Waals surface area (Å²) >= 11 is 0. The molecule has 1 heterocycles. The van der Waals surface area contributed by atoms with Crippen molar-refractivity contribution < 1.29 is 9.52 Å². The van der Waals surface area contributed by atoms with Gasteiger partial charge in [-0.05, 0) is 50.3 Å². The summed E-state index contributed by atoms with van der Waals surface area (Å²) in [6, 6.07) is 5.73. The summed E-state index contributed by atoms with van der Waals surface area (Å²) in [5.74, 6) is 0.937. The highest BCUT2D eigenvalue weighted by atomic mass is 16.4. The van der Waals surface area contributed by atoms with E-state index in [0.29, 0.717) is 11.3 Å². The summed E-state index contributed by atoms with van der Waals surface area (Å²) in [6.45, 7) is 5.96. The van der Waals surface area contributed by atoms with Gasteiger partial charge in [0.25, 0.3) is 0 Å². The first-order valence-corrected chi connectivity index (χ1v) is 8.92. The maximum atomic E-state index is 12.7. The third kappa shape index (κ3) is 3.26. The molecular formula is C21H26O3. The van der Waals surface area contributed by atoms with E-state index in [1.807, 2.05) is 32.9 Å². The minimum Gasteiger partial charge on any atom is -0.507 e. The van der Waals surface area contributed by atoms with Gasteiger partial charge in [-0.1, -0.05) is 43.4 Å². The summed E-state index contributed by atoms with van der Waals surface area (Å²) in [5, 5.41) is 10.6. The molecule has 128 valence electrons. The molecule has 0 unspecified atom stereocenters. The number of aryl methyl sites for hydroxylation is 3. The second-order valence-corrected chi connectivity index (χ2v) is 7.16. The lowest BCUT2D eigenvalue weighted by molar-refractivity contribution is 0.386. The monoisotopic (exact) mass is 326 g/mol. The standard InChI is InChI=1S/C21H26O3/c1-13-10-14(2)19(15(3)11-13)20-17(22)12-18(24-21(20)23)16-8-6-4-5-7-9-16/h10-12,16,22H,4-9H2,1-3H3. The number of rotatable bonds is 2. The molecule has 1 N–H and O–H groups in total. The van der Waals surface area contributed by atoms with Gasteiger partial charge in [-0.3, -0.25) is 0 Å². The molecule has 1 aromatic carbocycles. The molecule has 0 aliphatic heterocycles. The van der Waals surface area contributed by atoms with Crippen LogP contribution in [0.1, 0.15) is 66.9 Å². The van der Waals surface area contributed by atoms with Crippen LogP contribution in [-0.2, 0) is 0 Å². The van der Waals surface area contributed by atoms with Gasteiger partial charge in [-0.15, -0.1) is 0 Å². The predicted octanol–water partition coefficient (Wildman–Crippen LogP) is 5.38. The molecule has 0 saturated heterocycles. The van der Waals surface area contributed by atoms with E-state index in [9.17, 15) is 9.90 Å². The molecule has 3 heteroatoms. The quantitative estimate of drug-likeness (QED) is 0.754. The smallest absolute Gasteiger partial charge is 0.347 e. The lowest BCUT2D eigenvalue weighted by Crippen LogP contribution is -2.09. The third-order valence-electron chi connectivity index (χ3n) is 5.13. The Hall–Kier alpha value is -2.03. The molecule has 1 fully saturated rings. The Morgan fingerprint density at radius 3 is 2.04 bits per heavy atom. The first kappa shape index (κ1) is 16.8. The van der Waals surface area contributed by atoms with Crippen molar-refractivity contribution in [3.63, 3.8) is 0 Å². The van der Waals surface area contributed by atoms with E-state index in [4.69, 9.17) is 4.42 Å². The Morgan fingerprint density at radius 1 is 0.917 bits per heavy atom. The van der Waals surface area contributed by atoms with Gasteiger partial charge in [0.1, 0.15) is 17.1 Å². The lowest BCUT2D eigenvalue weighted by atomic mass is 9.92. The van der Waals surface area contributed by atoms with E-state index < -0.39 is 5.63 Å². The topological polar surface area (TPSA) is 50.4 Å². The van der Waals surface area contributed by atoms with Crippen molar-refractivity contribution in [1.29, 1.82) is 0 Å². The largest absolute Gasteiger partial charge is 0.507 e. The van der Waals surface area contributed by atoms with Gasteiger partial charge in [0, 0.05) is 12.0 Å². The van der Waals surface area contributed by atoms with Crippen molar-refractivity contribution in [2.24, 2.45) is 0 Å². The van der Waals surface area contributed by atoms with Gasteiger partial charge < -0.3 is 9.52 Å². The van der Waals surface area contributed by atoms with Crippen molar-refractivity contribution in [3.8, 4) is 16.9 Å². The van der Waals surface area contributed by atoms with Crippen molar-refractivity contribution in [3.05, 3.63) is 51.1 Å². The van der Waals surface area contributed by atoms with Crippen LogP contribution in [0.15, 0.2) is 27.4 Å². The second kappa shape index (κ2) is 6.84. The van der Waals surface area contributed by atoms with E-state index in [0.717, 1.165) is 47.9 Å². The summed E-state index contributed by atoms with van der Waals surface area (Å²) in [4.78, 5) is 12.7. The maximum absolute atomic E-state index is 12.7. The Morgan fingerprint density at radius 2 is 1.50 bits per heavy atom. The van der Waals surface area contributed by atoms with Crippen LogP contribution >= 0.6 is 0 Å². The first-order valence-electron chi connectivity index (χ1n) is 8.92. The van der Waals surface area contributed by atoms with Gasteiger partial charge in [0.15, 0.2) is 0 Å². The molecule has 0 bridgehead atoms. The van der Waals surface area contributed by atoms with Crippen LogP contribution in [0.5, 0.6) is 5.75 Å². The summed E-state index contributed by atoms with van der Waals surface area (Å²) in [7, 11) is 0. The van der Waals surface area contributed by atoms with Crippen LogP contribution in [0.2, 0.25) is 0 Å². The Labute approximate surface area is 143 Å². The van der Waals surface area contributed by atoms with Gasteiger partial charge in [0.2, 0.25) is 0 Å². The summed E-state index contributed by atoms with van der Waals surface area (Å²) in [5.41, 5.74) is 3.77. The molecule has 24 heavy (non-hydrogen) atoms. The third-order valence-corrected chi connectivity index (χ3v) is 5.13. The predicted molar refractivity (Wildman–Crippen MR) is 96.7 cm³/mol.